The SMILES string of the molecule is Cc1nc(C=O)c(C(C)C)n1-c1cc(F)cc(F)c1. The van der Waals surface area contributed by atoms with Crippen molar-refractivity contribution in [2.24, 2.45) is 0 Å². The summed E-state index contributed by atoms with van der Waals surface area (Å²) < 4.78 is 28.3. The molecule has 100 valence electrons. The maximum atomic E-state index is 13.3. The van der Waals surface area contributed by atoms with E-state index < -0.39 is 11.6 Å². The third kappa shape index (κ3) is 2.41. The van der Waals surface area contributed by atoms with Crippen molar-refractivity contribution in [3.05, 3.63) is 47.0 Å². The van der Waals surface area contributed by atoms with Crippen LogP contribution >= 0.6 is 0 Å². The van der Waals surface area contributed by atoms with Gasteiger partial charge in [0.1, 0.15) is 23.2 Å². The number of aryl methyl sites for hydroxylation is 1. The summed E-state index contributed by atoms with van der Waals surface area (Å²) in [4.78, 5) is 15.2. The predicted molar refractivity (Wildman–Crippen MR) is 67.7 cm³/mol. The Kier molecular flexibility index (Phi) is 3.46. The minimum absolute atomic E-state index is 0.00716. The summed E-state index contributed by atoms with van der Waals surface area (Å²) in [5.41, 5.74) is 1.29. The van der Waals surface area contributed by atoms with Crippen molar-refractivity contribution in [2.45, 2.75) is 26.7 Å². The smallest absolute Gasteiger partial charge is 0.170 e. The lowest BCUT2D eigenvalue weighted by atomic mass is 10.1. The van der Waals surface area contributed by atoms with Crippen LogP contribution in [-0.4, -0.2) is 15.8 Å². The minimum Gasteiger partial charge on any atom is -0.300 e. The van der Waals surface area contributed by atoms with E-state index in [-0.39, 0.29) is 5.92 Å². The van der Waals surface area contributed by atoms with Gasteiger partial charge in [-0.25, -0.2) is 13.8 Å². The van der Waals surface area contributed by atoms with Gasteiger partial charge >= 0.3 is 0 Å². The molecule has 1 heterocycles. The van der Waals surface area contributed by atoms with Crippen LogP contribution in [0.25, 0.3) is 5.69 Å². The van der Waals surface area contributed by atoms with Gasteiger partial charge in [0, 0.05) is 6.07 Å². The molecular formula is C14H14F2N2O. The van der Waals surface area contributed by atoms with E-state index in [2.05, 4.69) is 4.98 Å². The number of rotatable bonds is 3. The molecular weight excluding hydrogens is 250 g/mol. The molecule has 1 aromatic heterocycles. The van der Waals surface area contributed by atoms with Gasteiger partial charge in [-0.3, -0.25) is 9.36 Å². The van der Waals surface area contributed by atoms with Gasteiger partial charge in [-0.2, -0.15) is 0 Å². The number of carbonyl (C=O) groups excluding carboxylic acids is 1. The molecule has 0 N–H and O–H groups in total. The fourth-order valence-electron chi connectivity index (χ4n) is 2.21. The number of aldehydes is 1. The number of aromatic nitrogens is 2. The predicted octanol–water partition coefficient (Wildman–Crippen LogP) is 3.39. The van der Waals surface area contributed by atoms with Gasteiger partial charge in [0.25, 0.3) is 0 Å². The van der Waals surface area contributed by atoms with Crippen molar-refractivity contribution in [1.82, 2.24) is 9.55 Å². The van der Waals surface area contributed by atoms with Gasteiger partial charge in [-0.05, 0) is 25.0 Å². The second-order valence-corrected chi connectivity index (χ2v) is 4.67. The van der Waals surface area contributed by atoms with E-state index in [0.29, 0.717) is 29.2 Å². The zero-order valence-electron chi connectivity index (χ0n) is 10.9. The lowest BCUT2D eigenvalue weighted by Crippen LogP contribution is -2.06. The summed E-state index contributed by atoms with van der Waals surface area (Å²) >= 11 is 0. The monoisotopic (exact) mass is 264 g/mol. The Morgan fingerprint density at radius 2 is 1.79 bits per heavy atom. The largest absolute Gasteiger partial charge is 0.300 e. The van der Waals surface area contributed by atoms with E-state index in [0.717, 1.165) is 6.07 Å². The normalized spacial score (nSPS) is 11.1. The Hall–Kier alpha value is -2.04. The first-order valence-electron chi connectivity index (χ1n) is 5.95. The van der Waals surface area contributed by atoms with E-state index in [4.69, 9.17) is 0 Å². The highest BCUT2D eigenvalue weighted by atomic mass is 19.1. The zero-order valence-corrected chi connectivity index (χ0v) is 10.9. The van der Waals surface area contributed by atoms with Gasteiger partial charge in [0.05, 0.1) is 11.4 Å². The summed E-state index contributed by atoms with van der Waals surface area (Å²) in [6.45, 7) is 5.49. The van der Waals surface area contributed by atoms with Gasteiger partial charge < -0.3 is 0 Å². The number of carbonyl (C=O) groups is 1. The third-order valence-corrected chi connectivity index (χ3v) is 2.87. The van der Waals surface area contributed by atoms with Crippen LogP contribution in [0.4, 0.5) is 8.78 Å². The first kappa shape index (κ1) is 13.4. The number of halogens is 2. The molecule has 0 atom stereocenters. The molecule has 0 aliphatic rings. The van der Waals surface area contributed by atoms with E-state index in [9.17, 15) is 13.6 Å². The number of nitrogens with zero attached hydrogens (tertiary/aromatic N) is 2. The molecule has 0 bridgehead atoms. The topological polar surface area (TPSA) is 34.9 Å². The number of imidazole rings is 1. The minimum atomic E-state index is -0.662. The van der Waals surface area contributed by atoms with Crippen LogP contribution in [0.3, 0.4) is 0 Å². The van der Waals surface area contributed by atoms with Crippen molar-refractivity contribution in [2.75, 3.05) is 0 Å². The van der Waals surface area contributed by atoms with E-state index in [1.54, 1.807) is 11.5 Å². The number of hydrogen-bond donors (Lipinski definition) is 0. The van der Waals surface area contributed by atoms with Crippen LogP contribution < -0.4 is 0 Å². The fourth-order valence-corrected chi connectivity index (χ4v) is 2.21. The van der Waals surface area contributed by atoms with Crippen LogP contribution in [0.5, 0.6) is 0 Å². The van der Waals surface area contributed by atoms with Crippen molar-refractivity contribution in [3.8, 4) is 5.69 Å². The molecule has 0 saturated heterocycles. The Morgan fingerprint density at radius 3 is 2.26 bits per heavy atom. The first-order valence-corrected chi connectivity index (χ1v) is 5.95. The van der Waals surface area contributed by atoms with Gasteiger partial charge in [-0.1, -0.05) is 13.8 Å². The second kappa shape index (κ2) is 4.91. The molecule has 0 spiro atoms. The van der Waals surface area contributed by atoms with Gasteiger partial charge in [0.2, 0.25) is 0 Å². The lowest BCUT2D eigenvalue weighted by molar-refractivity contribution is 0.111. The van der Waals surface area contributed by atoms with Crippen LogP contribution in [0, 0.1) is 18.6 Å². The molecule has 0 aliphatic carbocycles. The molecule has 0 aliphatic heterocycles. The summed E-state index contributed by atoms with van der Waals surface area (Å²) in [5, 5.41) is 0. The number of hydrogen-bond acceptors (Lipinski definition) is 2. The zero-order chi connectivity index (χ0) is 14.2. The molecule has 0 radical (unpaired) electrons. The Bertz CT molecular complexity index is 612. The Labute approximate surface area is 109 Å². The molecule has 1 aromatic carbocycles. The number of benzene rings is 1. The standard InChI is InChI=1S/C14H14F2N2O/c1-8(2)14-13(7-19)17-9(3)18(14)12-5-10(15)4-11(16)6-12/h4-8H,1-3H3. The molecule has 0 amide bonds. The Morgan fingerprint density at radius 1 is 1.21 bits per heavy atom. The van der Waals surface area contributed by atoms with Crippen LogP contribution in [-0.2, 0) is 0 Å². The van der Waals surface area contributed by atoms with E-state index >= 15 is 0 Å². The summed E-state index contributed by atoms with van der Waals surface area (Å²) in [6.07, 6.45) is 0.661. The third-order valence-electron chi connectivity index (χ3n) is 2.87. The lowest BCUT2D eigenvalue weighted by Gasteiger charge is -2.13. The molecule has 2 rings (SSSR count). The van der Waals surface area contributed by atoms with Crippen LogP contribution in [0.15, 0.2) is 18.2 Å². The second-order valence-electron chi connectivity index (χ2n) is 4.67. The molecule has 3 nitrogen and oxygen atoms in total. The highest BCUT2D eigenvalue weighted by molar-refractivity contribution is 5.74. The summed E-state index contributed by atoms with van der Waals surface area (Å²) in [7, 11) is 0. The highest BCUT2D eigenvalue weighted by Crippen LogP contribution is 2.25. The highest BCUT2D eigenvalue weighted by Gasteiger charge is 2.19. The first-order chi connectivity index (χ1) is 8.93. The summed E-state index contributed by atoms with van der Waals surface area (Å²) in [5.74, 6) is -0.792. The fraction of sp³-hybridized carbons (Fsp3) is 0.286. The van der Waals surface area contributed by atoms with Crippen molar-refractivity contribution >= 4 is 6.29 Å². The molecule has 0 fully saturated rings. The molecule has 2 aromatic rings. The average molecular weight is 264 g/mol. The van der Waals surface area contributed by atoms with Crippen molar-refractivity contribution in [3.63, 3.8) is 0 Å². The molecule has 0 saturated carbocycles. The molecule has 5 heteroatoms. The van der Waals surface area contributed by atoms with Crippen molar-refractivity contribution < 1.29 is 13.6 Å². The average Bonchev–Trinajstić information content (AvgIpc) is 2.64. The molecule has 19 heavy (non-hydrogen) atoms. The van der Waals surface area contributed by atoms with Crippen molar-refractivity contribution in [1.29, 1.82) is 0 Å². The molecule has 0 unspecified atom stereocenters. The maximum Gasteiger partial charge on any atom is 0.170 e. The Balaban J connectivity index is 2.73. The van der Waals surface area contributed by atoms with Gasteiger partial charge in [-0.15, -0.1) is 0 Å². The van der Waals surface area contributed by atoms with E-state index in [1.165, 1.54) is 12.1 Å². The van der Waals surface area contributed by atoms with E-state index in [1.807, 2.05) is 13.8 Å². The van der Waals surface area contributed by atoms with Crippen LogP contribution in [0.2, 0.25) is 0 Å². The quantitative estimate of drug-likeness (QED) is 0.796. The van der Waals surface area contributed by atoms with Crippen LogP contribution in [0.1, 0.15) is 41.8 Å². The van der Waals surface area contributed by atoms with Gasteiger partial charge in [0.15, 0.2) is 6.29 Å². The maximum absolute atomic E-state index is 13.3. The summed E-state index contributed by atoms with van der Waals surface area (Å²) in [6, 6.07) is 3.25.